The lowest BCUT2D eigenvalue weighted by molar-refractivity contribution is -0.129. The van der Waals surface area contributed by atoms with E-state index < -0.39 is 0 Å². The molecule has 4 rings (SSSR count). The molecule has 1 saturated heterocycles. The average molecular weight is 413 g/mol. The van der Waals surface area contributed by atoms with Crippen molar-refractivity contribution in [2.24, 2.45) is 0 Å². The molecule has 0 spiro atoms. The molecule has 2 aromatic heterocycles. The number of amides is 2. The summed E-state index contributed by atoms with van der Waals surface area (Å²) in [4.78, 5) is 38.4. The maximum Gasteiger partial charge on any atom is 0.264 e. The lowest BCUT2D eigenvalue weighted by Gasteiger charge is -2.34. The molecular weight excluding hydrogens is 392 g/mol. The van der Waals surface area contributed by atoms with Gasteiger partial charge in [0.2, 0.25) is 5.91 Å². The fourth-order valence-electron chi connectivity index (χ4n) is 3.20. The number of thioether (sulfide) groups is 1. The van der Waals surface area contributed by atoms with Crippen LogP contribution in [0.2, 0.25) is 0 Å². The zero-order valence-electron chi connectivity index (χ0n) is 15.5. The predicted molar refractivity (Wildman–Crippen MR) is 112 cm³/mol. The molecule has 0 bridgehead atoms. The number of para-hydroxylation sites is 1. The molecule has 0 aliphatic carbocycles. The molecule has 1 fully saturated rings. The molecule has 0 N–H and O–H groups in total. The van der Waals surface area contributed by atoms with E-state index in [0.29, 0.717) is 37.8 Å². The highest BCUT2D eigenvalue weighted by molar-refractivity contribution is 8.00. The molecule has 0 radical (unpaired) electrons. The molecule has 8 heteroatoms. The molecule has 28 heavy (non-hydrogen) atoms. The third kappa shape index (κ3) is 4.02. The summed E-state index contributed by atoms with van der Waals surface area (Å²) in [5, 5.41) is 3.71. The van der Waals surface area contributed by atoms with Gasteiger partial charge in [-0.3, -0.25) is 9.59 Å². The number of carbonyl (C=O) groups excluding carboxylic acids is 2. The second-order valence-corrected chi connectivity index (χ2v) is 8.44. The van der Waals surface area contributed by atoms with Crippen molar-refractivity contribution in [1.82, 2.24) is 19.8 Å². The monoisotopic (exact) mass is 412 g/mol. The third-order valence-electron chi connectivity index (χ3n) is 4.66. The van der Waals surface area contributed by atoms with Crippen LogP contribution in [0, 0.1) is 6.92 Å². The Morgan fingerprint density at radius 3 is 2.54 bits per heavy atom. The Bertz CT molecular complexity index is 999. The Balaban J connectivity index is 1.35. The number of aryl methyl sites for hydroxylation is 1. The Labute approximate surface area is 171 Å². The molecular formula is C20H20N4O2S2. The summed E-state index contributed by atoms with van der Waals surface area (Å²) in [5.41, 5.74) is 0.894. The van der Waals surface area contributed by atoms with E-state index in [0.717, 1.165) is 20.8 Å². The van der Waals surface area contributed by atoms with E-state index in [4.69, 9.17) is 0 Å². The van der Waals surface area contributed by atoms with Crippen molar-refractivity contribution in [1.29, 1.82) is 0 Å². The van der Waals surface area contributed by atoms with Gasteiger partial charge in [0.05, 0.1) is 16.1 Å². The number of aromatic nitrogens is 2. The number of carbonyl (C=O) groups is 2. The van der Waals surface area contributed by atoms with Gasteiger partial charge in [-0.05, 0) is 24.4 Å². The number of fused-ring (bicyclic) bond motifs is 1. The number of thiophene rings is 1. The summed E-state index contributed by atoms with van der Waals surface area (Å²) in [7, 11) is 0. The van der Waals surface area contributed by atoms with E-state index in [1.54, 1.807) is 0 Å². The van der Waals surface area contributed by atoms with E-state index in [9.17, 15) is 9.59 Å². The average Bonchev–Trinajstić information content (AvgIpc) is 3.26. The Morgan fingerprint density at radius 1 is 1.04 bits per heavy atom. The van der Waals surface area contributed by atoms with Crippen molar-refractivity contribution in [3.05, 3.63) is 52.5 Å². The minimum absolute atomic E-state index is 0.0550. The van der Waals surface area contributed by atoms with Crippen molar-refractivity contribution < 1.29 is 9.59 Å². The molecule has 2 amide bonds. The number of nitrogens with zero attached hydrogens (tertiary/aromatic N) is 4. The van der Waals surface area contributed by atoms with Crippen LogP contribution in [0.15, 0.2) is 46.8 Å². The molecule has 1 aliphatic heterocycles. The summed E-state index contributed by atoms with van der Waals surface area (Å²) in [6.45, 7) is 4.15. The zero-order chi connectivity index (χ0) is 19.5. The van der Waals surface area contributed by atoms with Gasteiger partial charge in [-0.2, -0.15) is 0 Å². The molecule has 3 heterocycles. The van der Waals surface area contributed by atoms with Gasteiger partial charge in [0, 0.05) is 31.6 Å². The number of benzene rings is 1. The largest absolute Gasteiger partial charge is 0.338 e. The fourth-order valence-corrected chi connectivity index (χ4v) is 4.86. The first-order valence-corrected chi connectivity index (χ1v) is 10.9. The van der Waals surface area contributed by atoms with Crippen LogP contribution in [-0.2, 0) is 4.79 Å². The SMILES string of the molecule is Cc1nc(SCC(=O)N2CCN(C(=O)c3cccs3)CC2)c2ccccc2n1. The van der Waals surface area contributed by atoms with E-state index in [1.807, 2.05) is 58.5 Å². The van der Waals surface area contributed by atoms with Crippen LogP contribution in [-0.4, -0.2) is 63.5 Å². The van der Waals surface area contributed by atoms with Crippen molar-refractivity contribution in [2.45, 2.75) is 11.9 Å². The second kappa shape index (κ2) is 8.28. The number of hydrogen-bond donors (Lipinski definition) is 0. The molecule has 1 aliphatic rings. The van der Waals surface area contributed by atoms with E-state index in [1.165, 1.54) is 23.1 Å². The van der Waals surface area contributed by atoms with Crippen molar-refractivity contribution >= 4 is 45.8 Å². The Kier molecular flexibility index (Phi) is 5.59. The van der Waals surface area contributed by atoms with Crippen LogP contribution in [0.1, 0.15) is 15.5 Å². The minimum Gasteiger partial charge on any atom is -0.338 e. The second-order valence-electron chi connectivity index (χ2n) is 6.53. The van der Waals surface area contributed by atoms with E-state index in [2.05, 4.69) is 9.97 Å². The topological polar surface area (TPSA) is 66.4 Å². The van der Waals surface area contributed by atoms with Gasteiger partial charge in [-0.1, -0.05) is 36.0 Å². The van der Waals surface area contributed by atoms with Crippen LogP contribution < -0.4 is 0 Å². The van der Waals surface area contributed by atoms with Gasteiger partial charge in [-0.15, -0.1) is 11.3 Å². The van der Waals surface area contributed by atoms with Crippen LogP contribution in [0.25, 0.3) is 10.9 Å². The van der Waals surface area contributed by atoms with Crippen molar-refractivity contribution in [2.75, 3.05) is 31.9 Å². The quantitative estimate of drug-likeness (QED) is 0.487. The zero-order valence-corrected chi connectivity index (χ0v) is 17.1. The van der Waals surface area contributed by atoms with Gasteiger partial charge in [0.25, 0.3) is 5.91 Å². The van der Waals surface area contributed by atoms with Crippen LogP contribution in [0.3, 0.4) is 0 Å². The number of hydrogen-bond acceptors (Lipinski definition) is 6. The fraction of sp³-hybridized carbons (Fsp3) is 0.300. The predicted octanol–water partition coefficient (Wildman–Crippen LogP) is 3.08. The minimum atomic E-state index is 0.0550. The van der Waals surface area contributed by atoms with Gasteiger partial charge in [-0.25, -0.2) is 9.97 Å². The highest BCUT2D eigenvalue weighted by atomic mass is 32.2. The first-order valence-electron chi connectivity index (χ1n) is 9.08. The van der Waals surface area contributed by atoms with E-state index >= 15 is 0 Å². The molecule has 3 aromatic rings. The maximum absolute atomic E-state index is 12.7. The van der Waals surface area contributed by atoms with Crippen LogP contribution in [0.5, 0.6) is 0 Å². The lowest BCUT2D eigenvalue weighted by Crippen LogP contribution is -2.51. The normalized spacial score (nSPS) is 14.5. The highest BCUT2D eigenvalue weighted by Crippen LogP contribution is 2.25. The van der Waals surface area contributed by atoms with Gasteiger partial charge in [0.15, 0.2) is 0 Å². The highest BCUT2D eigenvalue weighted by Gasteiger charge is 2.25. The molecule has 0 atom stereocenters. The smallest absolute Gasteiger partial charge is 0.264 e. The van der Waals surface area contributed by atoms with E-state index in [-0.39, 0.29) is 11.8 Å². The van der Waals surface area contributed by atoms with Gasteiger partial charge in [0.1, 0.15) is 10.9 Å². The maximum atomic E-state index is 12.7. The summed E-state index contributed by atoms with van der Waals surface area (Å²) >= 11 is 2.90. The summed E-state index contributed by atoms with van der Waals surface area (Å²) < 4.78 is 0. The molecule has 1 aromatic carbocycles. The van der Waals surface area contributed by atoms with Gasteiger partial charge >= 0.3 is 0 Å². The summed E-state index contributed by atoms with van der Waals surface area (Å²) in [6, 6.07) is 11.6. The summed E-state index contributed by atoms with van der Waals surface area (Å²) in [6.07, 6.45) is 0. The Morgan fingerprint density at radius 2 is 1.79 bits per heavy atom. The first-order chi connectivity index (χ1) is 13.6. The number of piperazine rings is 1. The van der Waals surface area contributed by atoms with Crippen LogP contribution in [0.4, 0.5) is 0 Å². The standard InChI is InChI=1S/C20H20N4O2S2/c1-14-21-16-6-3-2-5-15(16)19(22-14)28-13-18(25)23-8-10-24(11-9-23)20(26)17-7-4-12-27-17/h2-7,12H,8-11,13H2,1H3. The van der Waals surface area contributed by atoms with Crippen LogP contribution >= 0.6 is 23.1 Å². The Hall–Kier alpha value is -2.45. The summed E-state index contributed by atoms with van der Waals surface area (Å²) in [5.74, 6) is 1.17. The molecule has 0 saturated carbocycles. The molecule has 0 unspecified atom stereocenters. The van der Waals surface area contributed by atoms with Gasteiger partial charge < -0.3 is 9.80 Å². The first kappa shape index (κ1) is 18.9. The third-order valence-corrected chi connectivity index (χ3v) is 6.50. The lowest BCUT2D eigenvalue weighted by atomic mass is 10.2. The van der Waals surface area contributed by atoms with Crippen molar-refractivity contribution in [3.63, 3.8) is 0 Å². The van der Waals surface area contributed by atoms with Crippen molar-refractivity contribution in [3.8, 4) is 0 Å². The molecule has 144 valence electrons. The number of rotatable bonds is 4. The molecule has 6 nitrogen and oxygen atoms in total.